The van der Waals surface area contributed by atoms with E-state index in [-0.39, 0.29) is 28.5 Å². The van der Waals surface area contributed by atoms with Crippen molar-refractivity contribution in [2.45, 2.75) is 43.6 Å². The summed E-state index contributed by atoms with van der Waals surface area (Å²) in [6, 6.07) is 6.00. The highest BCUT2D eigenvalue weighted by Crippen LogP contribution is 2.74. The van der Waals surface area contributed by atoms with Gasteiger partial charge >= 0.3 is 6.18 Å². The predicted molar refractivity (Wildman–Crippen MR) is 115 cm³/mol. The van der Waals surface area contributed by atoms with Gasteiger partial charge in [-0.15, -0.1) is 0 Å². The molecule has 1 unspecified atom stereocenters. The zero-order valence-corrected chi connectivity index (χ0v) is 18.8. The molecule has 3 aromatic rings. The number of hydrogen-bond acceptors (Lipinski definition) is 5. The Bertz CT molecular complexity index is 1260. The molecule has 35 heavy (non-hydrogen) atoms. The molecule has 1 atom stereocenters. The number of halogens is 5. The molecule has 2 aromatic heterocycles. The molecule has 0 saturated heterocycles. The first kappa shape index (κ1) is 23.4. The van der Waals surface area contributed by atoms with Gasteiger partial charge in [-0.25, -0.2) is 14.4 Å². The third-order valence-corrected chi connectivity index (χ3v) is 6.89. The quantitative estimate of drug-likeness (QED) is 0.433. The number of benzene rings is 1. The van der Waals surface area contributed by atoms with Crippen molar-refractivity contribution in [2.24, 2.45) is 11.1 Å². The SMILES string of the molecule is NC(=O)C(Oc1ccc(Cl)c(F)c1)C12CC(c3ncc(COc4ccc(C(F)(F)F)nc4)[nH]3)(C1)C2. The Morgan fingerprint density at radius 2 is 1.86 bits per heavy atom. The van der Waals surface area contributed by atoms with Crippen molar-refractivity contribution in [1.82, 2.24) is 15.0 Å². The molecular weight excluding hydrogens is 492 g/mol. The van der Waals surface area contributed by atoms with Crippen molar-refractivity contribution in [3.8, 4) is 11.5 Å². The van der Waals surface area contributed by atoms with Crippen molar-refractivity contribution >= 4 is 17.5 Å². The van der Waals surface area contributed by atoms with Crippen LogP contribution in [0.4, 0.5) is 17.6 Å². The summed E-state index contributed by atoms with van der Waals surface area (Å²) < 4.78 is 62.9. The van der Waals surface area contributed by atoms with E-state index in [2.05, 4.69) is 15.0 Å². The Labute approximate surface area is 201 Å². The molecule has 3 aliphatic rings. The second-order valence-electron chi connectivity index (χ2n) is 9.07. The Hall–Kier alpha value is -3.34. The van der Waals surface area contributed by atoms with Gasteiger partial charge in [0.2, 0.25) is 0 Å². The molecule has 184 valence electrons. The third kappa shape index (κ3) is 4.18. The molecule has 0 spiro atoms. The summed E-state index contributed by atoms with van der Waals surface area (Å²) in [5, 5.41) is -0.0513. The number of nitrogens with two attached hydrogens (primary N) is 1. The highest BCUT2D eigenvalue weighted by atomic mass is 35.5. The number of rotatable bonds is 8. The van der Waals surface area contributed by atoms with Gasteiger partial charge in [0, 0.05) is 16.9 Å². The second kappa shape index (κ2) is 8.11. The van der Waals surface area contributed by atoms with Crippen LogP contribution in [0, 0.1) is 11.2 Å². The first-order valence-electron chi connectivity index (χ1n) is 10.6. The lowest BCUT2D eigenvalue weighted by molar-refractivity contribution is -0.203. The number of amides is 1. The van der Waals surface area contributed by atoms with Crippen molar-refractivity contribution in [3.05, 3.63) is 70.8 Å². The lowest BCUT2D eigenvalue weighted by Gasteiger charge is -2.70. The Kier molecular flexibility index (Phi) is 5.42. The number of alkyl halides is 3. The molecule has 6 rings (SSSR count). The molecule has 12 heteroatoms. The maximum atomic E-state index is 13.8. The number of nitrogens with one attached hydrogen (secondary N) is 1. The maximum Gasteiger partial charge on any atom is 0.433 e. The van der Waals surface area contributed by atoms with E-state index in [1.807, 2.05) is 0 Å². The molecule has 7 nitrogen and oxygen atoms in total. The molecule has 0 radical (unpaired) electrons. The molecule has 1 aromatic carbocycles. The van der Waals surface area contributed by atoms with E-state index in [4.69, 9.17) is 26.8 Å². The number of carbonyl (C=O) groups is 1. The van der Waals surface area contributed by atoms with Gasteiger partial charge in [-0.3, -0.25) is 4.79 Å². The number of aromatic amines is 1. The van der Waals surface area contributed by atoms with E-state index in [0.29, 0.717) is 25.0 Å². The molecule has 2 bridgehead atoms. The van der Waals surface area contributed by atoms with Gasteiger partial charge in [0.15, 0.2) is 6.10 Å². The van der Waals surface area contributed by atoms with Crippen molar-refractivity contribution < 1.29 is 31.8 Å². The Morgan fingerprint density at radius 3 is 2.46 bits per heavy atom. The van der Waals surface area contributed by atoms with Crippen LogP contribution < -0.4 is 15.2 Å². The molecule has 1 amide bonds. The van der Waals surface area contributed by atoms with E-state index in [9.17, 15) is 22.4 Å². The summed E-state index contributed by atoms with van der Waals surface area (Å²) >= 11 is 5.70. The lowest BCUT2D eigenvalue weighted by Crippen LogP contribution is -2.72. The first-order valence-corrected chi connectivity index (χ1v) is 11.0. The summed E-state index contributed by atoms with van der Waals surface area (Å²) in [4.78, 5) is 23.1. The fraction of sp³-hybridized carbons (Fsp3) is 0.348. The van der Waals surface area contributed by atoms with Gasteiger partial charge in [0.25, 0.3) is 5.91 Å². The number of ether oxygens (including phenoxy) is 2. The van der Waals surface area contributed by atoms with E-state index < -0.39 is 35.1 Å². The van der Waals surface area contributed by atoms with Crippen LogP contribution in [0.25, 0.3) is 0 Å². The zero-order valence-electron chi connectivity index (χ0n) is 18.0. The number of aromatic nitrogens is 3. The van der Waals surface area contributed by atoms with Crippen molar-refractivity contribution in [3.63, 3.8) is 0 Å². The van der Waals surface area contributed by atoms with E-state index in [1.54, 1.807) is 6.20 Å². The first-order chi connectivity index (χ1) is 16.5. The summed E-state index contributed by atoms with van der Waals surface area (Å²) in [6.45, 7) is 0.0659. The van der Waals surface area contributed by atoms with Crippen LogP contribution in [0.2, 0.25) is 5.02 Å². The fourth-order valence-corrected chi connectivity index (χ4v) is 5.18. The zero-order chi connectivity index (χ0) is 25.0. The Morgan fingerprint density at radius 1 is 1.14 bits per heavy atom. The lowest BCUT2D eigenvalue weighted by atomic mass is 9.33. The molecule has 3 aliphatic carbocycles. The van der Waals surface area contributed by atoms with Crippen LogP contribution in [0.5, 0.6) is 11.5 Å². The topological polar surface area (TPSA) is 103 Å². The van der Waals surface area contributed by atoms with Crippen LogP contribution in [-0.4, -0.2) is 27.0 Å². The fourth-order valence-electron chi connectivity index (χ4n) is 5.06. The molecule has 2 heterocycles. The molecule has 3 saturated carbocycles. The minimum Gasteiger partial charge on any atom is -0.486 e. The van der Waals surface area contributed by atoms with Crippen LogP contribution >= 0.6 is 11.6 Å². The number of hydrogen-bond donors (Lipinski definition) is 2. The summed E-state index contributed by atoms with van der Waals surface area (Å²) in [5.41, 5.74) is 4.52. The van der Waals surface area contributed by atoms with Gasteiger partial charge in [-0.1, -0.05) is 11.6 Å². The van der Waals surface area contributed by atoms with E-state index in [1.165, 1.54) is 18.2 Å². The maximum absolute atomic E-state index is 13.8. The summed E-state index contributed by atoms with van der Waals surface area (Å²) in [6.07, 6.45) is -0.989. The highest BCUT2D eigenvalue weighted by Gasteiger charge is 2.74. The van der Waals surface area contributed by atoms with Crippen LogP contribution in [0.3, 0.4) is 0 Å². The highest BCUT2D eigenvalue weighted by molar-refractivity contribution is 6.30. The molecular formula is C23H19ClF4N4O3. The van der Waals surface area contributed by atoms with Crippen LogP contribution in [0.15, 0.2) is 42.7 Å². The average molecular weight is 511 g/mol. The second-order valence-corrected chi connectivity index (χ2v) is 9.48. The van der Waals surface area contributed by atoms with E-state index >= 15 is 0 Å². The summed E-state index contributed by atoms with van der Waals surface area (Å²) in [7, 11) is 0. The van der Waals surface area contributed by atoms with Crippen LogP contribution in [-0.2, 0) is 23.0 Å². The number of H-pyrrole nitrogens is 1. The largest absolute Gasteiger partial charge is 0.486 e. The standard InChI is InChI=1S/C23H19ClF4N4O3/c24-15-3-1-13(5-16(15)25)35-18(19(29)33)21-9-22(10-21,11-21)20-31-6-12(32-20)8-34-14-2-4-17(30-7-14)23(26,27)28/h1-7,18H,8-11H2,(H2,29,33)(H,31,32). The predicted octanol–water partition coefficient (Wildman–Crippen LogP) is 4.55. The third-order valence-electron chi connectivity index (χ3n) is 6.58. The average Bonchev–Trinajstić information content (AvgIpc) is 3.20. The normalized spacial score (nSPS) is 23.7. The van der Waals surface area contributed by atoms with Gasteiger partial charge in [0.1, 0.15) is 35.4 Å². The van der Waals surface area contributed by atoms with Crippen molar-refractivity contribution in [1.29, 1.82) is 0 Å². The van der Waals surface area contributed by atoms with Gasteiger partial charge in [0.05, 0.1) is 23.1 Å². The van der Waals surface area contributed by atoms with Gasteiger partial charge < -0.3 is 20.2 Å². The smallest absolute Gasteiger partial charge is 0.433 e. The van der Waals surface area contributed by atoms with Crippen LogP contribution in [0.1, 0.15) is 36.5 Å². The minimum absolute atomic E-state index is 0.0513. The number of nitrogens with zero attached hydrogens (tertiary/aromatic N) is 2. The van der Waals surface area contributed by atoms with Gasteiger partial charge in [-0.05, 0) is 43.5 Å². The number of pyridine rings is 1. The van der Waals surface area contributed by atoms with E-state index in [0.717, 1.165) is 24.2 Å². The summed E-state index contributed by atoms with van der Waals surface area (Å²) in [5.74, 6) is -0.196. The molecule has 3 N–H and O–H groups in total. The number of primary amides is 1. The molecule has 0 aliphatic heterocycles. The minimum atomic E-state index is -4.51. The Balaban J connectivity index is 1.20. The van der Waals surface area contributed by atoms with Crippen molar-refractivity contribution in [2.75, 3.05) is 0 Å². The molecule has 3 fully saturated rings. The number of carbonyl (C=O) groups excluding carboxylic acids is 1. The number of imidazole rings is 1. The monoisotopic (exact) mass is 510 g/mol. The van der Waals surface area contributed by atoms with Gasteiger partial charge in [-0.2, -0.15) is 13.2 Å².